The van der Waals surface area contributed by atoms with Crippen LogP contribution in [0.2, 0.25) is 0 Å². The first-order valence-electron chi connectivity index (χ1n) is 4.16. The first kappa shape index (κ1) is 9.95. The highest BCUT2D eigenvalue weighted by atomic mass is 32.2. The van der Waals surface area contributed by atoms with Crippen LogP contribution >= 0.6 is 0 Å². The highest BCUT2D eigenvalue weighted by Crippen LogP contribution is 2.12. The van der Waals surface area contributed by atoms with Crippen molar-refractivity contribution in [3.63, 3.8) is 0 Å². The molecule has 0 amide bonds. The molecule has 0 spiro atoms. The van der Waals surface area contributed by atoms with E-state index in [0.29, 0.717) is 19.1 Å². The van der Waals surface area contributed by atoms with Crippen molar-refractivity contribution in [1.82, 2.24) is 9.62 Å². The monoisotopic (exact) mass is 192 g/mol. The lowest BCUT2D eigenvalue weighted by Gasteiger charge is -2.30. The maximum atomic E-state index is 11.1. The van der Waals surface area contributed by atoms with Crippen LogP contribution < -0.4 is 5.32 Å². The highest BCUT2D eigenvalue weighted by molar-refractivity contribution is 7.88. The molecule has 1 fully saturated rings. The summed E-state index contributed by atoms with van der Waals surface area (Å²) in [4.78, 5) is 0. The molecular weight excluding hydrogens is 176 g/mol. The van der Waals surface area contributed by atoms with E-state index in [9.17, 15) is 8.42 Å². The lowest BCUT2D eigenvalue weighted by Crippen LogP contribution is -2.46. The standard InChI is InChI=1S/C7H16N2O2S/c1-8-7-4-3-5-9(6-7)12(2,10)11/h7-8H,3-6H2,1-2H3/t7-/m0/s1. The van der Waals surface area contributed by atoms with Crippen LogP contribution in [0.3, 0.4) is 0 Å². The average molecular weight is 192 g/mol. The van der Waals surface area contributed by atoms with Gasteiger partial charge in [0.1, 0.15) is 0 Å². The average Bonchev–Trinajstić information content (AvgIpc) is 2.03. The van der Waals surface area contributed by atoms with Gasteiger partial charge >= 0.3 is 0 Å². The second kappa shape index (κ2) is 3.72. The molecule has 72 valence electrons. The van der Waals surface area contributed by atoms with Crippen molar-refractivity contribution >= 4 is 10.0 Å². The van der Waals surface area contributed by atoms with Gasteiger partial charge in [-0.15, -0.1) is 0 Å². The molecule has 0 aromatic heterocycles. The summed E-state index contributed by atoms with van der Waals surface area (Å²) in [7, 11) is -1.10. The van der Waals surface area contributed by atoms with Crippen molar-refractivity contribution < 1.29 is 8.42 Å². The first-order chi connectivity index (χ1) is 5.54. The van der Waals surface area contributed by atoms with E-state index in [2.05, 4.69) is 5.32 Å². The van der Waals surface area contributed by atoms with Crippen LogP contribution in [-0.4, -0.2) is 45.2 Å². The minimum atomic E-state index is -2.98. The molecule has 1 heterocycles. The summed E-state index contributed by atoms with van der Waals surface area (Å²) in [6, 6.07) is 0.327. The third-order valence-electron chi connectivity index (χ3n) is 2.26. The largest absolute Gasteiger partial charge is 0.316 e. The Morgan fingerprint density at radius 2 is 2.17 bits per heavy atom. The molecule has 4 nitrogen and oxygen atoms in total. The van der Waals surface area contributed by atoms with Crippen LogP contribution in [0.25, 0.3) is 0 Å². The summed E-state index contributed by atoms with van der Waals surface area (Å²) >= 11 is 0. The van der Waals surface area contributed by atoms with Gasteiger partial charge in [-0.2, -0.15) is 0 Å². The minimum Gasteiger partial charge on any atom is -0.316 e. The van der Waals surface area contributed by atoms with Crippen LogP contribution in [0, 0.1) is 0 Å². The Kier molecular flexibility index (Phi) is 3.09. The van der Waals surface area contributed by atoms with Gasteiger partial charge in [0, 0.05) is 19.1 Å². The molecule has 0 unspecified atom stereocenters. The molecule has 1 aliphatic heterocycles. The predicted octanol–water partition coefficient (Wildman–Crippen LogP) is -0.370. The maximum absolute atomic E-state index is 11.1. The first-order valence-corrected chi connectivity index (χ1v) is 6.01. The third-order valence-corrected chi connectivity index (χ3v) is 3.53. The molecule has 0 aromatic rings. The Morgan fingerprint density at radius 1 is 1.50 bits per heavy atom. The van der Waals surface area contributed by atoms with E-state index in [1.54, 1.807) is 0 Å². The Labute approximate surface area is 74.0 Å². The van der Waals surface area contributed by atoms with Gasteiger partial charge in [-0.25, -0.2) is 12.7 Å². The lowest BCUT2D eigenvalue weighted by molar-refractivity contribution is 0.294. The number of hydrogen-bond donors (Lipinski definition) is 1. The Balaban J connectivity index is 2.58. The molecular formula is C7H16N2O2S. The van der Waals surface area contributed by atoms with E-state index in [1.165, 1.54) is 10.6 Å². The molecule has 1 atom stereocenters. The molecule has 0 radical (unpaired) electrons. The van der Waals surface area contributed by atoms with Crippen molar-refractivity contribution in [2.45, 2.75) is 18.9 Å². The molecule has 0 aromatic carbocycles. The number of piperidine rings is 1. The third kappa shape index (κ3) is 2.43. The Bertz CT molecular complexity index is 238. The fourth-order valence-corrected chi connectivity index (χ4v) is 2.39. The fraction of sp³-hybridized carbons (Fsp3) is 1.00. The van der Waals surface area contributed by atoms with Gasteiger partial charge in [-0.3, -0.25) is 0 Å². The number of likely N-dealkylation sites (N-methyl/N-ethyl adjacent to an activating group) is 1. The number of hydrogen-bond acceptors (Lipinski definition) is 3. The summed E-state index contributed by atoms with van der Waals surface area (Å²) in [5.41, 5.74) is 0. The van der Waals surface area contributed by atoms with Crippen molar-refractivity contribution in [3.05, 3.63) is 0 Å². The molecule has 1 rings (SSSR count). The van der Waals surface area contributed by atoms with E-state index < -0.39 is 10.0 Å². The summed E-state index contributed by atoms with van der Waals surface area (Å²) < 4.78 is 23.8. The summed E-state index contributed by atoms with van der Waals surface area (Å²) in [6.07, 6.45) is 3.30. The molecule has 0 aliphatic carbocycles. The lowest BCUT2D eigenvalue weighted by atomic mass is 10.1. The zero-order valence-corrected chi connectivity index (χ0v) is 8.39. The van der Waals surface area contributed by atoms with Gasteiger partial charge in [0.25, 0.3) is 0 Å². The predicted molar refractivity (Wildman–Crippen MR) is 48.5 cm³/mol. The second-order valence-corrected chi connectivity index (χ2v) is 5.23. The molecule has 5 heteroatoms. The number of sulfonamides is 1. The topological polar surface area (TPSA) is 49.4 Å². The molecule has 1 N–H and O–H groups in total. The molecule has 0 saturated carbocycles. The van der Waals surface area contributed by atoms with E-state index in [4.69, 9.17) is 0 Å². The quantitative estimate of drug-likeness (QED) is 0.649. The van der Waals surface area contributed by atoms with Crippen LogP contribution in [0.4, 0.5) is 0 Å². The fourth-order valence-electron chi connectivity index (χ4n) is 1.48. The normalized spacial score (nSPS) is 27.3. The van der Waals surface area contributed by atoms with Crippen LogP contribution in [0.15, 0.2) is 0 Å². The number of nitrogens with zero attached hydrogens (tertiary/aromatic N) is 1. The van der Waals surface area contributed by atoms with Crippen molar-refractivity contribution in [1.29, 1.82) is 0 Å². The smallest absolute Gasteiger partial charge is 0.211 e. The Morgan fingerprint density at radius 3 is 2.67 bits per heavy atom. The number of rotatable bonds is 2. The van der Waals surface area contributed by atoms with Crippen LogP contribution in [0.5, 0.6) is 0 Å². The highest BCUT2D eigenvalue weighted by Gasteiger charge is 2.24. The van der Waals surface area contributed by atoms with Gasteiger partial charge in [-0.05, 0) is 19.9 Å². The SMILES string of the molecule is CN[C@H]1CCCN(S(C)(=O)=O)C1. The van der Waals surface area contributed by atoms with E-state index in [0.717, 1.165) is 12.8 Å². The molecule has 0 bridgehead atoms. The zero-order chi connectivity index (χ0) is 9.19. The van der Waals surface area contributed by atoms with Gasteiger partial charge in [-0.1, -0.05) is 0 Å². The van der Waals surface area contributed by atoms with Crippen LogP contribution in [-0.2, 0) is 10.0 Å². The van der Waals surface area contributed by atoms with Gasteiger partial charge in [0.2, 0.25) is 10.0 Å². The van der Waals surface area contributed by atoms with Crippen molar-refractivity contribution in [2.24, 2.45) is 0 Å². The maximum Gasteiger partial charge on any atom is 0.211 e. The summed E-state index contributed by atoms with van der Waals surface area (Å²) in [6.45, 7) is 1.30. The van der Waals surface area contributed by atoms with E-state index in [1.807, 2.05) is 7.05 Å². The van der Waals surface area contributed by atoms with Gasteiger partial charge in [0.05, 0.1) is 6.26 Å². The molecule has 12 heavy (non-hydrogen) atoms. The van der Waals surface area contributed by atoms with Crippen LogP contribution in [0.1, 0.15) is 12.8 Å². The van der Waals surface area contributed by atoms with E-state index >= 15 is 0 Å². The second-order valence-electron chi connectivity index (χ2n) is 3.25. The van der Waals surface area contributed by atoms with Crippen molar-refractivity contribution in [3.8, 4) is 0 Å². The van der Waals surface area contributed by atoms with Gasteiger partial charge < -0.3 is 5.32 Å². The minimum absolute atomic E-state index is 0.327. The molecule has 1 saturated heterocycles. The zero-order valence-electron chi connectivity index (χ0n) is 7.58. The Hall–Kier alpha value is -0.130. The summed E-state index contributed by atoms with van der Waals surface area (Å²) in [5, 5.41) is 3.10. The van der Waals surface area contributed by atoms with Crippen molar-refractivity contribution in [2.75, 3.05) is 26.4 Å². The number of nitrogens with one attached hydrogen (secondary N) is 1. The van der Waals surface area contributed by atoms with Gasteiger partial charge in [0.15, 0.2) is 0 Å². The molecule has 1 aliphatic rings. The van der Waals surface area contributed by atoms with E-state index in [-0.39, 0.29) is 0 Å². The summed E-state index contributed by atoms with van der Waals surface area (Å²) in [5.74, 6) is 0.